The van der Waals surface area contributed by atoms with E-state index in [0.29, 0.717) is 24.5 Å². The van der Waals surface area contributed by atoms with Crippen LogP contribution in [-0.4, -0.2) is 35.1 Å². The maximum atomic E-state index is 12.4. The zero-order chi connectivity index (χ0) is 19.2. The fraction of sp³-hybridized carbons (Fsp3) is 0.278. The van der Waals surface area contributed by atoms with Gasteiger partial charge in [0.05, 0.1) is 19.1 Å². The number of hydrogen-bond donors (Lipinski definition) is 2. The number of sulfonamides is 1. The molecule has 8 heteroatoms. The summed E-state index contributed by atoms with van der Waals surface area (Å²) >= 11 is 0. The molecule has 3 N–H and O–H groups in total. The minimum Gasteiger partial charge on any atom is -0.493 e. The lowest BCUT2D eigenvalue weighted by molar-refractivity contribution is 0.354. The van der Waals surface area contributed by atoms with Crippen LogP contribution in [0.3, 0.4) is 0 Å². The molecule has 2 aromatic carbocycles. The third kappa shape index (κ3) is 5.13. The molecular weight excluding hydrogens is 354 g/mol. The summed E-state index contributed by atoms with van der Waals surface area (Å²) in [5.41, 5.74) is 8.00. The number of aliphatic imine (C=N–C) groups is 1. The number of ether oxygens (including phenoxy) is 2. The molecule has 140 valence electrons. The maximum Gasteiger partial charge on any atom is 0.264 e. The Bertz CT molecular complexity index is 878. The van der Waals surface area contributed by atoms with Gasteiger partial charge in [-0.25, -0.2) is 13.1 Å². The van der Waals surface area contributed by atoms with Crippen molar-refractivity contribution in [2.75, 3.05) is 20.8 Å². The van der Waals surface area contributed by atoms with E-state index < -0.39 is 10.0 Å². The molecule has 0 aliphatic heterocycles. The van der Waals surface area contributed by atoms with Gasteiger partial charge in [0.2, 0.25) is 5.96 Å². The topological polar surface area (TPSA) is 103 Å². The predicted octanol–water partition coefficient (Wildman–Crippen LogP) is 1.85. The Hall–Kier alpha value is -2.74. The second kappa shape index (κ2) is 8.57. The van der Waals surface area contributed by atoms with Crippen molar-refractivity contribution in [1.29, 1.82) is 0 Å². The van der Waals surface area contributed by atoms with Crippen molar-refractivity contribution in [3.8, 4) is 11.5 Å². The van der Waals surface area contributed by atoms with E-state index in [-0.39, 0.29) is 10.9 Å². The van der Waals surface area contributed by atoms with E-state index in [0.717, 1.165) is 5.56 Å². The summed E-state index contributed by atoms with van der Waals surface area (Å²) in [5, 5.41) is 0. The molecule has 0 aliphatic carbocycles. The molecule has 0 aromatic heterocycles. The molecule has 0 radical (unpaired) electrons. The van der Waals surface area contributed by atoms with E-state index in [1.54, 1.807) is 0 Å². The van der Waals surface area contributed by atoms with Gasteiger partial charge in [-0.2, -0.15) is 0 Å². The van der Waals surface area contributed by atoms with Crippen LogP contribution >= 0.6 is 0 Å². The van der Waals surface area contributed by atoms with E-state index in [4.69, 9.17) is 15.2 Å². The quantitative estimate of drug-likeness (QED) is 0.566. The van der Waals surface area contributed by atoms with Gasteiger partial charge in [-0.1, -0.05) is 29.8 Å². The maximum absolute atomic E-state index is 12.4. The lowest BCUT2D eigenvalue weighted by Gasteiger charge is -2.11. The normalized spacial score (nSPS) is 11.9. The number of nitrogens with one attached hydrogen (secondary N) is 1. The number of hydrogen-bond acceptors (Lipinski definition) is 5. The van der Waals surface area contributed by atoms with Gasteiger partial charge < -0.3 is 15.2 Å². The minimum absolute atomic E-state index is 0.00633. The summed E-state index contributed by atoms with van der Waals surface area (Å²) in [6, 6.07) is 12.3. The highest BCUT2D eigenvalue weighted by Gasteiger charge is 2.17. The lowest BCUT2D eigenvalue weighted by Crippen LogP contribution is -2.37. The average Bonchev–Trinajstić information content (AvgIpc) is 2.62. The number of aryl methyl sites for hydroxylation is 1. The van der Waals surface area contributed by atoms with Crippen molar-refractivity contribution in [1.82, 2.24) is 4.72 Å². The van der Waals surface area contributed by atoms with Crippen LogP contribution in [0.15, 0.2) is 52.4 Å². The van der Waals surface area contributed by atoms with E-state index in [1.165, 1.54) is 38.0 Å². The van der Waals surface area contributed by atoms with Crippen molar-refractivity contribution >= 4 is 16.0 Å². The van der Waals surface area contributed by atoms with Crippen molar-refractivity contribution < 1.29 is 17.9 Å². The number of nitrogens with zero attached hydrogens (tertiary/aromatic N) is 1. The first-order chi connectivity index (χ1) is 12.4. The molecular formula is C18H23N3O4S. The third-order valence-corrected chi connectivity index (χ3v) is 5.06. The van der Waals surface area contributed by atoms with E-state index in [2.05, 4.69) is 9.71 Å². The zero-order valence-corrected chi connectivity index (χ0v) is 15.8. The Morgan fingerprint density at radius 2 is 1.73 bits per heavy atom. The molecule has 2 rings (SSSR count). The van der Waals surface area contributed by atoms with Crippen LogP contribution in [0.5, 0.6) is 11.5 Å². The summed E-state index contributed by atoms with van der Waals surface area (Å²) < 4.78 is 37.3. The Labute approximate surface area is 153 Å². The monoisotopic (exact) mass is 377 g/mol. The van der Waals surface area contributed by atoms with Crippen LogP contribution in [0.1, 0.15) is 11.1 Å². The van der Waals surface area contributed by atoms with Gasteiger partial charge in [-0.15, -0.1) is 0 Å². The molecule has 0 amide bonds. The summed E-state index contributed by atoms with van der Waals surface area (Å²) in [5.74, 6) is 0.586. The average molecular weight is 377 g/mol. The largest absolute Gasteiger partial charge is 0.493 e. The molecule has 0 fully saturated rings. The highest BCUT2D eigenvalue weighted by Crippen LogP contribution is 2.29. The van der Waals surface area contributed by atoms with Gasteiger partial charge in [-0.05, 0) is 31.0 Å². The summed E-state index contributed by atoms with van der Waals surface area (Å²) in [4.78, 5) is 4.08. The van der Waals surface area contributed by atoms with E-state index >= 15 is 0 Å². The minimum atomic E-state index is -3.86. The van der Waals surface area contributed by atoms with Crippen LogP contribution in [-0.2, 0) is 16.4 Å². The fourth-order valence-electron chi connectivity index (χ4n) is 2.27. The Kier molecular flexibility index (Phi) is 6.46. The zero-order valence-electron chi connectivity index (χ0n) is 15.0. The fourth-order valence-corrected chi connectivity index (χ4v) is 3.24. The molecule has 0 saturated carbocycles. The summed E-state index contributed by atoms with van der Waals surface area (Å²) in [7, 11) is -0.951. The first-order valence-electron chi connectivity index (χ1n) is 7.96. The first-order valence-corrected chi connectivity index (χ1v) is 9.44. The molecule has 0 spiro atoms. The van der Waals surface area contributed by atoms with Crippen molar-refractivity contribution in [2.45, 2.75) is 18.2 Å². The molecule has 0 saturated heterocycles. The Morgan fingerprint density at radius 3 is 2.35 bits per heavy atom. The lowest BCUT2D eigenvalue weighted by atomic mass is 10.1. The van der Waals surface area contributed by atoms with Gasteiger partial charge in [-0.3, -0.25) is 4.99 Å². The van der Waals surface area contributed by atoms with Gasteiger partial charge >= 0.3 is 0 Å². The van der Waals surface area contributed by atoms with Crippen LogP contribution in [0.4, 0.5) is 0 Å². The highest BCUT2D eigenvalue weighted by atomic mass is 32.2. The second-order valence-electron chi connectivity index (χ2n) is 5.62. The molecule has 2 aromatic rings. The van der Waals surface area contributed by atoms with Gasteiger partial charge in [0, 0.05) is 12.6 Å². The van der Waals surface area contributed by atoms with Crippen LogP contribution in [0.25, 0.3) is 0 Å². The third-order valence-electron chi connectivity index (χ3n) is 3.71. The van der Waals surface area contributed by atoms with Gasteiger partial charge in [0.1, 0.15) is 0 Å². The van der Waals surface area contributed by atoms with Crippen molar-refractivity contribution in [3.05, 3.63) is 53.6 Å². The molecule has 0 aliphatic rings. The molecule has 7 nitrogen and oxygen atoms in total. The number of benzene rings is 2. The van der Waals surface area contributed by atoms with Crippen LogP contribution in [0.2, 0.25) is 0 Å². The Balaban J connectivity index is 2.04. The summed E-state index contributed by atoms with van der Waals surface area (Å²) in [6.07, 6.45) is 0.666. The molecule has 0 atom stereocenters. The number of methoxy groups -OCH3 is 2. The number of rotatable bonds is 7. The van der Waals surface area contributed by atoms with Crippen molar-refractivity contribution in [2.24, 2.45) is 10.7 Å². The summed E-state index contributed by atoms with van der Waals surface area (Å²) in [6.45, 7) is 2.40. The van der Waals surface area contributed by atoms with Crippen LogP contribution < -0.4 is 19.9 Å². The first kappa shape index (κ1) is 19.6. The number of guanidine groups is 1. The van der Waals surface area contributed by atoms with E-state index in [1.807, 2.05) is 31.2 Å². The molecule has 0 heterocycles. The smallest absolute Gasteiger partial charge is 0.264 e. The van der Waals surface area contributed by atoms with Crippen LogP contribution in [0, 0.1) is 6.92 Å². The van der Waals surface area contributed by atoms with Gasteiger partial charge in [0.25, 0.3) is 10.0 Å². The highest BCUT2D eigenvalue weighted by molar-refractivity contribution is 7.90. The van der Waals surface area contributed by atoms with Gasteiger partial charge in [0.15, 0.2) is 11.5 Å². The second-order valence-corrected chi connectivity index (χ2v) is 7.31. The van der Waals surface area contributed by atoms with E-state index in [9.17, 15) is 8.42 Å². The number of nitrogens with two attached hydrogens (primary N) is 1. The molecule has 26 heavy (non-hydrogen) atoms. The Morgan fingerprint density at radius 1 is 1.08 bits per heavy atom. The predicted molar refractivity (Wildman–Crippen MR) is 101 cm³/mol. The van der Waals surface area contributed by atoms with Crippen molar-refractivity contribution in [3.63, 3.8) is 0 Å². The SMILES string of the molecule is COc1ccc(S(=O)(=O)NC(N)=NCCc2ccc(C)cc2)cc1OC. The molecule has 0 unspecified atom stereocenters. The standard InChI is InChI=1S/C18H23N3O4S/c1-13-4-6-14(7-5-13)10-11-20-18(19)21-26(22,23)15-8-9-16(24-2)17(12-15)25-3/h4-9,12H,10-11H2,1-3H3,(H3,19,20,21). The molecule has 0 bridgehead atoms.